The smallest absolute Gasteiger partial charge is 0.245 e. The molecule has 0 aromatic carbocycles. The van der Waals surface area contributed by atoms with Crippen LogP contribution in [0.2, 0.25) is 0 Å². The van der Waals surface area contributed by atoms with Crippen molar-refractivity contribution in [3.05, 3.63) is 0 Å². The summed E-state index contributed by atoms with van der Waals surface area (Å²) in [7, 11) is 1.53. The van der Waals surface area contributed by atoms with Crippen LogP contribution in [-0.4, -0.2) is 55.3 Å². The Morgan fingerprint density at radius 1 is 1.52 bits per heavy atom. The van der Waals surface area contributed by atoms with Gasteiger partial charge in [-0.2, -0.15) is 5.26 Å². The predicted octanol–water partition coefficient (Wildman–Crippen LogP) is -0.285. The fourth-order valence-corrected chi connectivity index (χ4v) is 2.24. The zero-order chi connectivity index (χ0) is 16.0. The van der Waals surface area contributed by atoms with E-state index in [0.717, 1.165) is 0 Å². The highest BCUT2D eigenvalue weighted by atomic mass is 16.5. The molecule has 1 fully saturated rings. The van der Waals surface area contributed by atoms with Gasteiger partial charge in [0.15, 0.2) is 11.7 Å². The van der Waals surface area contributed by atoms with E-state index in [-0.39, 0.29) is 24.9 Å². The van der Waals surface area contributed by atoms with Gasteiger partial charge < -0.3 is 15.0 Å². The first-order valence-corrected chi connectivity index (χ1v) is 6.91. The Morgan fingerprint density at radius 2 is 2.19 bits per heavy atom. The molecule has 1 heterocycles. The molecule has 21 heavy (non-hydrogen) atoms. The number of nitriles is 1. The molecular formula is C14H21N3O4. The molecule has 0 aromatic heterocycles. The molecule has 0 saturated carbocycles. The number of methoxy groups -OCH3 is 1. The zero-order valence-electron chi connectivity index (χ0n) is 12.6. The summed E-state index contributed by atoms with van der Waals surface area (Å²) in [4.78, 5) is 37.4. The Morgan fingerprint density at radius 3 is 2.71 bits per heavy atom. The fraction of sp³-hybridized carbons (Fsp3) is 0.714. The summed E-state index contributed by atoms with van der Waals surface area (Å²) in [5.41, 5.74) is 0. The minimum Gasteiger partial charge on any atom is -0.383 e. The Bertz CT molecular complexity index is 456. The first-order chi connectivity index (χ1) is 9.90. The highest BCUT2D eigenvalue weighted by Gasteiger charge is 2.39. The van der Waals surface area contributed by atoms with Crippen molar-refractivity contribution < 1.29 is 19.1 Å². The second kappa shape index (κ2) is 7.74. The summed E-state index contributed by atoms with van der Waals surface area (Å²) >= 11 is 0. The molecule has 2 amide bonds. The summed E-state index contributed by atoms with van der Waals surface area (Å²) in [5, 5.41) is 11.6. The van der Waals surface area contributed by atoms with Gasteiger partial charge in [0.05, 0.1) is 12.7 Å². The van der Waals surface area contributed by atoms with E-state index in [1.54, 1.807) is 19.9 Å². The maximum Gasteiger partial charge on any atom is 0.245 e. The third-order valence-corrected chi connectivity index (χ3v) is 3.29. The quantitative estimate of drug-likeness (QED) is 0.651. The van der Waals surface area contributed by atoms with Gasteiger partial charge in [-0.05, 0) is 13.8 Å². The molecule has 0 radical (unpaired) electrons. The summed E-state index contributed by atoms with van der Waals surface area (Å²) < 4.78 is 4.90. The van der Waals surface area contributed by atoms with Crippen molar-refractivity contribution >= 4 is 17.6 Å². The van der Waals surface area contributed by atoms with E-state index in [9.17, 15) is 14.4 Å². The van der Waals surface area contributed by atoms with Crippen molar-refractivity contribution in [2.24, 2.45) is 11.8 Å². The molecule has 0 unspecified atom stereocenters. The summed E-state index contributed by atoms with van der Waals surface area (Å²) in [6.45, 7) is 4.55. The molecule has 0 spiro atoms. The maximum atomic E-state index is 12.3. The van der Waals surface area contributed by atoms with Gasteiger partial charge in [0.2, 0.25) is 11.8 Å². The molecule has 7 heteroatoms. The molecular weight excluding hydrogens is 274 g/mol. The number of hydrogen-bond donors (Lipinski definition) is 1. The number of carbonyl (C=O) groups is 3. The monoisotopic (exact) mass is 295 g/mol. The lowest BCUT2D eigenvalue weighted by Crippen LogP contribution is -2.41. The highest BCUT2D eigenvalue weighted by molar-refractivity contribution is 6.06. The Labute approximate surface area is 124 Å². The number of rotatable bonds is 7. The van der Waals surface area contributed by atoms with Gasteiger partial charge in [0.1, 0.15) is 0 Å². The lowest BCUT2D eigenvalue weighted by atomic mass is 9.92. The summed E-state index contributed by atoms with van der Waals surface area (Å²) in [5.74, 6) is -3.18. The number of likely N-dealkylation sites (tertiary alicyclic amines) is 1. The molecule has 0 aromatic rings. The van der Waals surface area contributed by atoms with Crippen molar-refractivity contribution in [1.82, 2.24) is 10.2 Å². The van der Waals surface area contributed by atoms with Crippen LogP contribution in [0.25, 0.3) is 0 Å². The molecule has 7 nitrogen and oxygen atoms in total. The first kappa shape index (κ1) is 17.1. The van der Waals surface area contributed by atoms with Crippen molar-refractivity contribution in [1.29, 1.82) is 5.26 Å². The minimum atomic E-state index is -1.35. The van der Waals surface area contributed by atoms with Crippen molar-refractivity contribution in [2.75, 3.05) is 26.8 Å². The SMILES string of the molecule is COCCN1C[C@H](C(=O)[C@H](C#N)C(=O)NC(C)C)CC1=O. The number of ether oxygens (including phenoxy) is 1. The number of hydrogen-bond acceptors (Lipinski definition) is 5. The van der Waals surface area contributed by atoms with Crippen molar-refractivity contribution in [2.45, 2.75) is 26.3 Å². The second-order valence-corrected chi connectivity index (χ2v) is 5.36. The Kier molecular flexibility index (Phi) is 6.31. The molecule has 1 rings (SSSR count). The fourth-order valence-electron chi connectivity index (χ4n) is 2.24. The molecule has 1 N–H and O–H groups in total. The van der Waals surface area contributed by atoms with Gasteiger partial charge in [0, 0.05) is 38.6 Å². The van der Waals surface area contributed by atoms with Crippen LogP contribution in [0.15, 0.2) is 0 Å². The number of carbonyl (C=O) groups excluding carboxylic acids is 3. The second-order valence-electron chi connectivity index (χ2n) is 5.36. The first-order valence-electron chi connectivity index (χ1n) is 6.91. The van der Waals surface area contributed by atoms with Gasteiger partial charge in [-0.15, -0.1) is 0 Å². The third-order valence-electron chi connectivity index (χ3n) is 3.29. The average Bonchev–Trinajstić information content (AvgIpc) is 2.77. The molecule has 116 valence electrons. The van der Waals surface area contributed by atoms with E-state index in [1.165, 1.54) is 12.0 Å². The van der Waals surface area contributed by atoms with Crippen LogP contribution in [0.3, 0.4) is 0 Å². The van der Waals surface area contributed by atoms with E-state index in [0.29, 0.717) is 13.2 Å². The van der Waals surface area contributed by atoms with Gasteiger partial charge in [-0.3, -0.25) is 14.4 Å². The van der Waals surface area contributed by atoms with Crippen LogP contribution in [0, 0.1) is 23.2 Å². The van der Waals surface area contributed by atoms with Crippen LogP contribution >= 0.6 is 0 Å². The molecule has 0 bridgehead atoms. The minimum absolute atomic E-state index is 0.0513. The summed E-state index contributed by atoms with van der Waals surface area (Å²) in [6, 6.07) is 1.59. The van der Waals surface area contributed by atoms with Crippen LogP contribution in [0.1, 0.15) is 20.3 Å². The molecule has 0 aliphatic carbocycles. The van der Waals surface area contributed by atoms with E-state index < -0.39 is 23.5 Å². The largest absolute Gasteiger partial charge is 0.383 e. The van der Waals surface area contributed by atoms with E-state index >= 15 is 0 Å². The van der Waals surface area contributed by atoms with Gasteiger partial charge >= 0.3 is 0 Å². The van der Waals surface area contributed by atoms with Gasteiger partial charge in [0.25, 0.3) is 0 Å². The Hall–Kier alpha value is -1.94. The number of nitrogens with zero attached hydrogens (tertiary/aromatic N) is 2. The van der Waals surface area contributed by atoms with Crippen LogP contribution < -0.4 is 5.32 Å². The normalized spacial score (nSPS) is 19.5. The molecule has 1 aliphatic rings. The zero-order valence-corrected chi connectivity index (χ0v) is 12.6. The highest BCUT2D eigenvalue weighted by Crippen LogP contribution is 2.21. The molecule has 1 aliphatic heterocycles. The maximum absolute atomic E-state index is 12.3. The lowest BCUT2D eigenvalue weighted by molar-refractivity contribution is -0.134. The average molecular weight is 295 g/mol. The van der Waals surface area contributed by atoms with Gasteiger partial charge in [-0.25, -0.2) is 0 Å². The Balaban J connectivity index is 2.68. The van der Waals surface area contributed by atoms with Crippen LogP contribution in [-0.2, 0) is 19.1 Å². The van der Waals surface area contributed by atoms with Crippen molar-refractivity contribution in [3.63, 3.8) is 0 Å². The van der Waals surface area contributed by atoms with Gasteiger partial charge in [-0.1, -0.05) is 0 Å². The standard InChI is InChI=1S/C14H21N3O4/c1-9(2)16-14(20)11(7-15)13(19)10-6-12(18)17(8-10)4-5-21-3/h9-11H,4-6,8H2,1-3H3,(H,16,20)/t10-,11+/m1/s1. The predicted molar refractivity (Wildman–Crippen MR) is 74.0 cm³/mol. The topological polar surface area (TPSA) is 99.5 Å². The number of Topliss-reactive ketones (excluding diaryl/α,β-unsaturated/α-hetero) is 1. The van der Waals surface area contributed by atoms with Crippen molar-refractivity contribution in [3.8, 4) is 6.07 Å². The van der Waals surface area contributed by atoms with E-state index in [4.69, 9.17) is 10.00 Å². The molecule has 1 saturated heterocycles. The lowest BCUT2D eigenvalue weighted by Gasteiger charge is -2.17. The molecule has 2 atom stereocenters. The number of ketones is 1. The summed E-state index contributed by atoms with van der Waals surface area (Å²) in [6.07, 6.45) is 0.0513. The van der Waals surface area contributed by atoms with E-state index in [1.807, 2.05) is 0 Å². The third kappa shape index (κ3) is 4.53. The van der Waals surface area contributed by atoms with Crippen LogP contribution in [0.5, 0.6) is 0 Å². The number of nitrogens with one attached hydrogen (secondary N) is 1. The number of amides is 2. The van der Waals surface area contributed by atoms with E-state index in [2.05, 4.69) is 5.32 Å². The van der Waals surface area contributed by atoms with Crippen LogP contribution in [0.4, 0.5) is 0 Å².